The molecule has 2 unspecified atom stereocenters. The van der Waals surface area contributed by atoms with Gasteiger partial charge in [0, 0.05) is 17.4 Å². The number of nitrogens with zero attached hydrogens (tertiary/aromatic N) is 2. The van der Waals surface area contributed by atoms with Gasteiger partial charge in [0.1, 0.15) is 17.5 Å². The number of rotatable bonds is 3. The van der Waals surface area contributed by atoms with Crippen LogP contribution < -0.4 is 11.1 Å². The first kappa shape index (κ1) is 12.5. The maximum absolute atomic E-state index is 5.72. The van der Waals surface area contributed by atoms with E-state index >= 15 is 0 Å². The summed E-state index contributed by atoms with van der Waals surface area (Å²) >= 11 is 1.97. The molecular formula is C12H20N4S. The first-order chi connectivity index (χ1) is 8.17. The molecule has 5 heteroatoms. The molecule has 4 nitrogen and oxygen atoms in total. The van der Waals surface area contributed by atoms with E-state index in [1.807, 2.05) is 24.8 Å². The number of nitrogen functional groups attached to an aromatic ring is 1. The number of hydrogen-bond donors (Lipinski definition) is 2. The molecule has 17 heavy (non-hydrogen) atoms. The van der Waals surface area contributed by atoms with E-state index in [0.29, 0.717) is 11.9 Å². The predicted molar refractivity (Wildman–Crippen MR) is 74.4 cm³/mol. The van der Waals surface area contributed by atoms with Crippen LogP contribution in [0.25, 0.3) is 0 Å². The number of hydrogen-bond acceptors (Lipinski definition) is 5. The smallest absolute Gasteiger partial charge is 0.132 e. The lowest BCUT2D eigenvalue weighted by molar-refractivity contribution is 0.472. The van der Waals surface area contributed by atoms with Crippen LogP contribution in [0.3, 0.4) is 0 Å². The second-order valence-electron chi connectivity index (χ2n) is 4.59. The Labute approximate surface area is 107 Å². The minimum Gasteiger partial charge on any atom is -0.384 e. The summed E-state index contributed by atoms with van der Waals surface area (Å²) in [6, 6.07) is 2.34. The van der Waals surface area contributed by atoms with Gasteiger partial charge in [-0.05, 0) is 32.4 Å². The van der Waals surface area contributed by atoms with Crippen LogP contribution in [0.2, 0.25) is 0 Å². The fourth-order valence-corrected chi connectivity index (χ4v) is 3.19. The molecule has 1 aliphatic rings. The van der Waals surface area contributed by atoms with Crippen LogP contribution in [0.5, 0.6) is 0 Å². The van der Waals surface area contributed by atoms with Crippen molar-refractivity contribution in [2.24, 2.45) is 0 Å². The van der Waals surface area contributed by atoms with Crippen molar-refractivity contribution in [2.45, 2.75) is 43.9 Å². The molecule has 2 atom stereocenters. The summed E-state index contributed by atoms with van der Waals surface area (Å²) in [4.78, 5) is 8.45. The summed E-state index contributed by atoms with van der Waals surface area (Å²) in [5.74, 6) is 2.13. The number of nitrogens with two attached hydrogens (primary N) is 1. The van der Waals surface area contributed by atoms with E-state index in [1.54, 1.807) is 0 Å². The third kappa shape index (κ3) is 3.49. The molecule has 1 aromatic heterocycles. The molecule has 0 aliphatic heterocycles. The molecule has 0 aromatic carbocycles. The van der Waals surface area contributed by atoms with Gasteiger partial charge in [-0.1, -0.05) is 6.42 Å². The van der Waals surface area contributed by atoms with Crippen LogP contribution in [-0.4, -0.2) is 27.5 Å². The molecule has 0 spiro atoms. The Balaban J connectivity index is 2.00. The summed E-state index contributed by atoms with van der Waals surface area (Å²) in [7, 11) is 0. The van der Waals surface area contributed by atoms with E-state index in [9.17, 15) is 0 Å². The molecule has 0 saturated heterocycles. The monoisotopic (exact) mass is 252 g/mol. The van der Waals surface area contributed by atoms with E-state index in [4.69, 9.17) is 5.73 Å². The van der Waals surface area contributed by atoms with Crippen LogP contribution in [0.15, 0.2) is 6.07 Å². The van der Waals surface area contributed by atoms with Crippen molar-refractivity contribution >= 4 is 23.4 Å². The molecule has 0 radical (unpaired) electrons. The highest BCUT2D eigenvalue weighted by molar-refractivity contribution is 7.99. The van der Waals surface area contributed by atoms with Gasteiger partial charge in [0.2, 0.25) is 0 Å². The Morgan fingerprint density at radius 2 is 2.24 bits per heavy atom. The topological polar surface area (TPSA) is 63.8 Å². The summed E-state index contributed by atoms with van der Waals surface area (Å²) in [5.41, 5.74) is 5.72. The standard InChI is InChI=1S/C12H20N4S/c1-8-14-11(13)7-12(15-8)16-9-4-3-5-10(6-9)17-2/h7,9-10H,3-6H2,1-2H3,(H3,13,14,15,16). The van der Waals surface area contributed by atoms with E-state index in [0.717, 1.165) is 16.9 Å². The van der Waals surface area contributed by atoms with Crippen molar-refractivity contribution in [3.05, 3.63) is 11.9 Å². The van der Waals surface area contributed by atoms with Crippen LogP contribution in [0.1, 0.15) is 31.5 Å². The third-order valence-electron chi connectivity index (χ3n) is 3.17. The Kier molecular flexibility index (Phi) is 4.10. The zero-order chi connectivity index (χ0) is 12.3. The summed E-state index contributed by atoms with van der Waals surface area (Å²) < 4.78 is 0. The average Bonchev–Trinajstić information content (AvgIpc) is 2.28. The molecular weight excluding hydrogens is 232 g/mol. The summed E-state index contributed by atoms with van der Waals surface area (Å²) in [6.07, 6.45) is 7.26. The number of thioether (sulfide) groups is 1. The van der Waals surface area contributed by atoms with Crippen LogP contribution in [-0.2, 0) is 0 Å². The Morgan fingerprint density at radius 1 is 1.41 bits per heavy atom. The minimum atomic E-state index is 0.523. The lowest BCUT2D eigenvalue weighted by Gasteiger charge is -2.29. The molecule has 0 bridgehead atoms. The number of aromatic nitrogens is 2. The molecule has 1 saturated carbocycles. The molecule has 3 N–H and O–H groups in total. The zero-order valence-corrected chi connectivity index (χ0v) is 11.3. The van der Waals surface area contributed by atoms with Crippen LogP contribution in [0.4, 0.5) is 11.6 Å². The average molecular weight is 252 g/mol. The normalized spacial score (nSPS) is 24.6. The molecule has 0 amide bonds. The van der Waals surface area contributed by atoms with Crippen molar-refractivity contribution in [3.8, 4) is 0 Å². The molecule has 1 aromatic rings. The lowest BCUT2D eigenvalue weighted by Crippen LogP contribution is -2.29. The highest BCUT2D eigenvalue weighted by atomic mass is 32.2. The molecule has 1 heterocycles. The summed E-state index contributed by atoms with van der Waals surface area (Å²) in [6.45, 7) is 1.87. The van der Waals surface area contributed by atoms with Gasteiger partial charge in [0.15, 0.2) is 0 Å². The van der Waals surface area contributed by atoms with Gasteiger partial charge in [0.05, 0.1) is 0 Å². The van der Waals surface area contributed by atoms with Gasteiger partial charge in [-0.25, -0.2) is 9.97 Å². The number of aryl methyl sites for hydroxylation is 1. The van der Waals surface area contributed by atoms with E-state index in [-0.39, 0.29) is 0 Å². The Morgan fingerprint density at radius 3 is 2.94 bits per heavy atom. The fourth-order valence-electron chi connectivity index (χ4n) is 2.36. The summed E-state index contributed by atoms with van der Waals surface area (Å²) in [5, 5.41) is 4.26. The van der Waals surface area contributed by atoms with Crippen molar-refractivity contribution < 1.29 is 0 Å². The zero-order valence-electron chi connectivity index (χ0n) is 10.4. The maximum atomic E-state index is 5.72. The van der Waals surface area contributed by atoms with Gasteiger partial charge in [-0.2, -0.15) is 11.8 Å². The van der Waals surface area contributed by atoms with Crippen molar-refractivity contribution in [3.63, 3.8) is 0 Å². The van der Waals surface area contributed by atoms with Gasteiger partial charge in [-0.15, -0.1) is 0 Å². The molecule has 1 fully saturated rings. The van der Waals surface area contributed by atoms with Gasteiger partial charge >= 0.3 is 0 Å². The van der Waals surface area contributed by atoms with E-state index in [2.05, 4.69) is 21.5 Å². The number of anilines is 2. The van der Waals surface area contributed by atoms with E-state index < -0.39 is 0 Å². The second kappa shape index (κ2) is 5.58. The minimum absolute atomic E-state index is 0.523. The molecule has 1 aliphatic carbocycles. The highest BCUT2D eigenvalue weighted by Gasteiger charge is 2.21. The van der Waals surface area contributed by atoms with Crippen molar-refractivity contribution in [1.82, 2.24) is 9.97 Å². The highest BCUT2D eigenvalue weighted by Crippen LogP contribution is 2.28. The maximum Gasteiger partial charge on any atom is 0.132 e. The Bertz CT molecular complexity index is 363. The van der Waals surface area contributed by atoms with Crippen LogP contribution in [0, 0.1) is 6.92 Å². The fraction of sp³-hybridized carbons (Fsp3) is 0.667. The first-order valence-corrected chi connectivity index (χ1v) is 7.36. The van der Waals surface area contributed by atoms with Gasteiger partial charge in [-0.3, -0.25) is 0 Å². The SMILES string of the molecule is CSC1CCCC(Nc2cc(N)nc(C)n2)C1. The number of nitrogens with one attached hydrogen (secondary N) is 1. The second-order valence-corrected chi connectivity index (χ2v) is 5.73. The van der Waals surface area contributed by atoms with Crippen molar-refractivity contribution in [2.75, 3.05) is 17.3 Å². The Hall–Kier alpha value is -0.970. The largest absolute Gasteiger partial charge is 0.384 e. The van der Waals surface area contributed by atoms with Gasteiger partial charge in [0.25, 0.3) is 0 Å². The molecule has 94 valence electrons. The van der Waals surface area contributed by atoms with Crippen LogP contribution >= 0.6 is 11.8 Å². The first-order valence-electron chi connectivity index (χ1n) is 6.08. The predicted octanol–water partition coefficient (Wildman–Crippen LogP) is 2.45. The third-order valence-corrected chi connectivity index (χ3v) is 4.26. The lowest BCUT2D eigenvalue weighted by atomic mass is 9.95. The van der Waals surface area contributed by atoms with Gasteiger partial charge < -0.3 is 11.1 Å². The van der Waals surface area contributed by atoms with E-state index in [1.165, 1.54) is 25.7 Å². The molecule has 2 rings (SSSR count). The quantitative estimate of drug-likeness (QED) is 0.865. The van der Waals surface area contributed by atoms with Crippen molar-refractivity contribution in [1.29, 1.82) is 0 Å².